The molecule has 0 amide bonds. The zero-order valence-corrected chi connectivity index (χ0v) is 13.6. The van der Waals surface area contributed by atoms with Crippen molar-refractivity contribution in [1.29, 1.82) is 0 Å². The van der Waals surface area contributed by atoms with Gasteiger partial charge in [0.05, 0.1) is 19.0 Å². The Morgan fingerprint density at radius 1 is 1.05 bits per heavy atom. The van der Waals surface area contributed by atoms with Gasteiger partial charge in [0.1, 0.15) is 0 Å². The fourth-order valence-corrected chi connectivity index (χ4v) is 5.09. The van der Waals surface area contributed by atoms with Gasteiger partial charge in [-0.1, -0.05) is 12.8 Å². The Morgan fingerprint density at radius 2 is 1.81 bits per heavy atom. The van der Waals surface area contributed by atoms with Crippen LogP contribution in [0, 0.1) is 11.8 Å². The van der Waals surface area contributed by atoms with E-state index < -0.39 is 10.0 Å². The number of sulfonamides is 1. The molecule has 122 valence electrons. The van der Waals surface area contributed by atoms with Gasteiger partial charge in [0.25, 0.3) is 0 Å². The van der Waals surface area contributed by atoms with Crippen LogP contribution in [0.25, 0.3) is 0 Å². The zero-order chi connectivity index (χ0) is 14.7. The molecule has 3 fully saturated rings. The van der Waals surface area contributed by atoms with E-state index >= 15 is 0 Å². The van der Waals surface area contributed by atoms with Gasteiger partial charge in [-0.15, -0.1) is 0 Å². The van der Waals surface area contributed by atoms with Crippen LogP contribution < -0.4 is 5.32 Å². The highest BCUT2D eigenvalue weighted by molar-refractivity contribution is 7.89. The van der Waals surface area contributed by atoms with Crippen molar-refractivity contribution in [2.45, 2.75) is 44.6 Å². The average Bonchev–Trinajstić information content (AvgIpc) is 3.33. The van der Waals surface area contributed by atoms with Crippen molar-refractivity contribution < 1.29 is 13.2 Å². The average molecular weight is 316 g/mol. The molecule has 0 spiro atoms. The van der Waals surface area contributed by atoms with Gasteiger partial charge in [0, 0.05) is 25.7 Å². The summed E-state index contributed by atoms with van der Waals surface area (Å²) >= 11 is 0. The molecule has 0 bridgehead atoms. The van der Waals surface area contributed by atoms with Gasteiger partial charge in [0.15, 0.2) is 0 Å². The van der Waals surface area contributed by atoms with Gasteiger partial charge in [-0.25, -0.2) is 8.42 Å². The Kier molecular flexibility index (Phi) is 5.19. The molecule has 3 aliphatic rings. The molecule has 6 heteroatoms. The van der Waals surface area contributed by atoms with E-state index in [0.29, 0.717) is 38.9 Å². The van der Waals surface area contributed by atoms with E-state index in [2.05, 4.69) is 5.32 Å². The van der Waals surface area contributed by atoms with Gasteiger partial charge >= 0.3 is 0 Å². The smallest absolute Gasteiger partial charge is 0.215 e. The number of hydrogen-bond acceptors (Lipinski definition) is 4. The van der Waals surface area contributed by atoms with Crippen molar-refractivity contribution in [2.24, 2.45) is 11.8 Å². The van der Waals surface area contributed by atoms with Crippen molar-refractivity contribution in [3.05, 3.63) is 0 Å². The maximum atomic E-state index is 12.2. The quantitative estimate of drug-likeness (QED) is 0.800. The number of nitrogens with zero attached hydrogens (tertiary/aromatic N) is 1. The van der Waals surface area contributed by atoms with Gasteiger partial charge in [-0.2, -0.15) is 4.31 Å². The number of nitrogens with one attached hydrogen (secondary N) is 1. The molecule has 0 aromatic carbocycles. The predicted octanol–water partition coefficient (Wildman–Crippen LogP) is 1.21. The highest BCUT2D eigenvalue weighted by atomic mass is 32.2. The summed E-state index contributed by atoms with van der Waals surface area (Å²) in [5, 5.41) is 3.49. The van der Waals surface area contributed by atoms with Crippen molar-refractivity contribution in [3.63, 3.8) is 0 Å². The maximum Gasteiger partial charge on any atom is 0.215 e. The lowest BCUT2D eigenvalue weighted by Crippen LogP contribution is -2.44. The summed E-state index contributed by atoms with van der Waals surface area (Å²) in [6.45, 7) is 2.66. The summed E-state index contributed by atoms with van der Waals surface area (Å²) in [5.41, 5.74) is 0. The summed E-state index contributed by atoms with van der Waals surface area (Å²) in [5.74, 6) is 2.09. The third kappa shape index (κ3) is 4.41. The number of morpholine rings is 1. The van der Waals surface area contributed by atoms with Crippen molar-refractivity contribution >= 4 is 10.0 Å². The first-order chi connectivity index (χ1) is 10.1. The van der Waals surface area contributed by atoms with Gasteiger partial charge in [-0.05, 0) is 37.5 Å². The standard InChI is InChI=1S/C15H28N2O3S/c18-21(19,17-7-9-20-10-8-17)11-6-16-15-3-1-2-14(12-15)13-4-5-13/h13-16H,1-12H2/t14-,15-/m0/s1. The topological polar surface area (TPSA) is 58.6 Å². The van der Waals surface area contributed by atoms with Crippen molar-refractivity contribution in [3.8, 4) is 0 Å². The first-order valence-electron chi connectivity index (χ1n) is 8.44. The third-order valence-corrected chi connectivity index (χ3v) is 7.03. The lowest BCUT2D eigenvalue weighted by Gasteiger charge is -2.30. The minimum absolute atomic E-state index is 0.220. The van der Waals surface area contributed by atoms with Crippen LogP contribution in [0.5, 0.6) is 0 Å². The molecule has 2 saturated carbocycles. The second-order valence-electron chi connectivity index (χ2n) is 6.74. The Morgan fingerprint density at radius 3 is 2.52 bits per heavy atom. The molecule has 1 heterocycles. The molecule has 2 atom stereocenters. The molecule has 1 aliphatic heterocycles. The zero-order valence-electron chi connectivity index (χ0n) is 12.8. The summed E-state index contributed by atoms with van der Waals surface area (Å²) in [4.78, 5) is 0. The Labute approximate surface area is 128 Å². The molecule has 0 unspecified atom stereocenters. The second-order valence-corrected chi connectivity index (χ2v) is 8.83. The molecule has 2 aliphatic carbocycles. The number of rotatable bonds is 6. The SMILES string of the molecule is O=S(=O)(CCN[C@H]1CCC[C@H](C2CC2)C1)N1CCOCC1. The fourth-order valence-electron chi connectivity index (χ4n) is 3.75. The first kappa shape index (κ1) is 15.7. The van der Waals surface area contributed by atoms with Crippen LogP contribution in [-0.4, -0.2) is 57.4 Å². The number of hydrogen-bond donors (Lipinski definition) is 1. The Bertz CT molecular complexity index is 430. The van der Waals surface area contributed by atoms with Gasteiger partial charge in [0.2, 0.25) is 10.0 Å². The summed E-state index contributed by atoms with van der Waals surface area (Å²) in [6, 6.07) is 0.532. The third-order valence-electron chi connectivity index (χ3n) is 5.16. The molecule has 1 saturated heterocycles. The van der Waals surface area contributed by atoms with Crippen molar-refractivity contribution in [2.75, 3.05) is 38.6 Å². The van der Waals surface area contributed by atoms with E-state index in [1.54, 1.807) is 4.31 Å². The summed E-state index contributed by atoms with van der Waals surface area (Å²) < 4.78 is 31.3. The van der Waals surface area contributed by atoms with Crippen LogP contribution in [-0.2, 0) is 14.8 Å². The molecule has 0 aromatic heterocycles. The van der Waals surface area contributed by atoms with Crippen LogP contribution in [0.4, 0.5) is 0 Å². The van der Waals surface area contributed by atoms with Crippen LogP contribution >= 0.6 is 0 Å². The minimum Gasteiger partial charge on any atom is -0.379 e. The monoisotopic (exact) mass is 316 g/mol. The minimum atomic E-state index is -3.11. The van der Waals surface area contributed by atoms with E-state index in [0.717, 1.165) is 11.8 Å². The van der Waals surface area contributed by atoms with E-state index in [1.807, 2.05) is 0 Å². The van der Waals surface area contributed by atoms with Crippen molar-refractivity contribution in [1.82, 2.24) is 9.62 Å². The number of ether oxygens (including phenoxy) is 1. The second kappa shape index (κ2) is 6.94. The predicted molar refractivity (Wildman–Crippen MR) is 82.7 cm³/mol. The summed E-state index contributed by atoms with van der Waals surface area (Å²) in [6.07, 6.45) is 7.98. The van der Waals surface area contributed by atoms with E-state index in [-0.39, 0.29) is 5.75 Å². The largest absolute Gasteiger partial charge is 0.379 e. The molecule has 0 radical (unpaired) electrons. The summed E-state index contributed by atoms with van der Waals surface area (Å²) in [7, 11) is -3.11. The Balaban J connectivity index is 1.40. The van der Waals surface area contributed by atoms with Crippen LogP contribution in [0.3, 0.4) is 0 Å². The first-order valence-corrected chi connectivity index (χ1v) is 10.0. The highest BCUT2D eigenvalue weighted by Gasteiger charge is 2.34. The van der Waals surface area contributed by atoms with E-state index in [1.165, 1.54) is 38.5 Å². The highest BCUT2D eigenvalue weighted by Crippen LogP contribution is 2.43. The Hall–Kier alpha value is -0.170. The lowest BCUT2D eigenvalue weighted by atomic mass is 9.83. The van der Waals surface area contributed by atoms with Crippen LogP contribution in [0.15, 0.2) is 0 Å². The molecular formula is C15H28N2O3S. The molecule has 5 nitrogen and oxygen atoms in total. The van der Waals surface area contributed by atoms with Crippen LogP contribution in [0.1, 0.15) is 38.5 Å². The van der Waals surface area contributed by atoms with E-state index in [4.69, 9.17) is 4.74 Å². The van der Waals surface area contributed by atoms with E-state index in [9.17, 15) is 8.42 Å². The molecule has 0 aromatic rings. The molecule has 21 heavy (non-hydrogen) atoms. The normalized spacial score (nSPS) is 32.2. The molecule has 1 N–H and O–H groups in total. The van der Waals surface area contributed by atoms with Crippen LogP contribution in [0.2, 0.25) is 0 Å². The fraction of sp³-hybridized carbons (Fsp3) is 1.00. The molecule has 3 rings (SSSR count). The van der Waals surface area contributed by atoms with Gasteiger partial charge < -0.3 is 10.1 Å². The lowest BCUT2D eigenvalue weighted by molar-refractivity contribution is 0.0730. The molecular weight excluding hydrogens is 288 g/mol. The maximum absolute atomic E-state index is 12.2. The van der Waals surface area contributed by atoms with Gasteiger partial charge in [-0.3, -0.25) is 0 Å².